The Labute approximate surface area is 127 Å². The van der Waals surface area contributed by atoms with Crippen LogP contribution in [-0.2, 0) is 16.6 Å². The van der Waals surface area contributed by atoms with E-state index in [1.54, 1.807) is 23.9 Å². The van der Waals surface area contributed by atoms with Gasteiger partial charge in [-0.3, -0.25) is 0 Å². The number of hydrogen-bond donors (Lipinski definition) is 2. The molecule has 2 N–H and O–H groups in total. The SMILES string of the molecule is CNCc1ccc(Br)c(S(=O)(=O)NCC(C)SC)c1. The van der Waals surface area contributed by atoms with Gasteiger partial charge in [-0.25, -0.2) is 13.1 Å². The van der Waals surface area contributed by atoms with Gasteiger partial charge in [0.1, 0.15) is 0 Å². The lowest BCUT2D eigenvalue weighted by atomic mass is 10.2. The molecule has 7 heteroatoms. The van der Waals surface area contributed by atoms with Crippen LogP contribution in [0.25, 0.3) is 0 Å². The minimum absolute atomic E-state index is 0.244. The van der Waals surface area contributed by atoms with Crippen molar-refractivity contribution in [1.29, 1.82) is 0 Å². The van der Waals surface area contributed by atoms with Crippen molar-refractivity contribution in [2.75, 3.05) is 19.8 Å². The summed E-state index contributed by atoms with van der Waals surface area (Å²) in [7, 11) is -1.65. The molecule has 0 bridgehead atoms. The molecule has 0 fully saturated rings. The molecule has 0 aliphatic rings. The Bertz CT molecular complexity index is 520. The average Bonchev–Trinajstić information content (AvgIpc) is 2.38. The van der Waals surface area contributed by atoms with Crippen LogP contribution in [0.1, 0.15) is 12.5 Å². The van der Waals surface area contributed by atoms with Crippen molar-refractivity contribution in [2.45, 2.75) is 23.6 Å². The van der Waals surface area contributed by atoms with Crippen molar-refractivity contribution in [3.63, 3.8) is 0 Å². The van der Waals surface area contributed by atoms with Gasteiger partial charge in [-0.15, -0.1) is 0 Å². The summed E-state index contributed by atoms with van der Waals surface area (Å²) in [5.74, 6) is 0. The van der Waals surface area contributed by atoms with Gasteiger partial charge < -0.3 is 5.32 Å². The second-order valence-electron chi connectivity index (χ2n) is 4.19. The van der Waals surface area contributed by atoms with E-state index < -0.39 is 10.0 Å². The Balaban J connectivity index is 2.96. The highest BCUT2D eigenvalue weighted by molar-refractivity contribution is 9.10. The molecule has 0 amide bonds. The third-order valence-corrected chi connectivity index (χ3v) is 6.02. The molecule has 0 saturated heterocycles. The van der Waals surface area contributed by atoms with Crippen LogP contribution in [0.4, 0.5) is 0 Å². The molecule has 0 aromatic heterocycles. The zero-order chi connectivity index (χ0) is 14.5. The van der Waals surface area contributed by atoms with Crippen molar-refractivity contribution >= 4 is 37.7 Å². The molecule has 0 aliphatic carbocycles. The van der Waals surface area contributed by atoms with Crippen molar-refractivity contribution in [3.05, 3.63) is 28.2 Å². The zero-order valence-electron chi connectivity index (χ0n) is 11.2. The number of sulfonamides is 1. The summed E-state index contributed by atoms with van der Waals surface area (Å²) in [6, 6.07) is 5.34. The van der Waals surface area contributed by atoms with Crippen molar-refractivity contribution in [1.82, 2.24) is 10.0 Å². The van der Waals surface area contributed by atoms with Crippen LogP contribution in [0.3, 0.4) is 0 Å². The largest absolute Gasteiger partial charge is 0.316 e. The fourth-order valence-corrected chi connectivity index (χ4v) is 3.95. The van der Waals surface area contributed by atoms with E-state index in [2.05, 4.69) is 26.0 Å². The minimum atomic E-state index is -3.47. The Morgan fingerprint density at radius 3 is 2.68 bits per heavy atom. The molecule has 1 atom stereocenters. The highest BCUT2D eigenvalue weighted by Crippen LogP contribution is 2.23. The molecule has 0 aliphatic heterocycles. The predicted molar refractivity (Wildman–Crippen MR) is 85.1 cm³/mol. The second kappa shape index (κ2) is 7.64. The van der Waals surface area contributed by atoms with Crippen molar-refractivity contribution in [3.8, 4) is 0 Å². The number of hydrogen-bond acceptors (Lipinski definition) is 4. The van der Waals surface area contributed by atoms with Gasteiger partial charge >= 0.3 is 0 Å². The summed E-state index contributed by atoms with van der Waals surface area (Å²) in [6.45, 7) is 3.04. The van der Waals surface area contributed by atoms with Gasteiger partial charge in [0.25, 0.3) is 0 Å². The molecule has 0 spiro atoms. The first kappa shape index (κ1) is 17.0. The molecule has 1 rings (SSSR count). The summed E-state index contributed by atoms with van der Waals surface area (Å²) in [4.78, 5) is 0.286. The smallest absolute Gasteiger partial charge is 0.241 e. The molecule has 1 aromatic carbocycles. The van der Waals surface area contributed by atoms with E-state index >= 15 is 0 Å². The molecule has 0 heterocycles. The summed E-state index contributed by atoms with van der Waals surface area (Å²) < 4.78 is 27.7. The summed E-state index contributed by atoms with van der Waals surface area (Å²) in [5, 5.41) is 3.25. The van der Waals surface area contributed by atoms with Crippen molar-refractivity contribution in [2.24, 2.45) is 0 Å². The Hall–Kier alpha value is -0.0800. The molecule has 19 heavy (non-hydrogen) atoms. The number of nitrogens with one attached hydrogen (secondary N) is 2. The normalized spacial score (nSPS) is 13.5. The lowest BCUT2D eigenvalue weighted by Gasteiger charge is -2.12. The summed E-state index contributed by atoms with van der Waals surface area (Å²) in [5.41, 5.74) is 0.934. The van der Waals surface area contributed by atoms with Gasteiger partial charge in [-0.1, -0.05) is 13.0 Å². The van der Waals surface area contributed by atoms with Crippen LogP contribution in [0.5, 0.6) is 0 Å². The second-order valence-corrected chi connectivity index (χ2v) is 8.06. The highest BCUT2D eigenvalue weighted by Gasteiger charge is 2.18. The lowest BCUT2D eigenvalue weighted by molar-refractivity contribution is 0.580. The van der Waals surface area contributed by atoms with Crippen LogP contribution in [0.15, 0.2) is 27.6 Å². The first-order valence-corrected chi connectivity index (χ1v) is 9.42. The molecule has 4 nitrogen and oxygen atoms in total. The van der Waals surface area contributed by atoms with Gasteiger partial charge in [0.15, 0.2) is 0 Å². The highest BCUT2D eigenvalue weighted by atomic mass is 79.9. The maximum Gasteiger partial charge on any atom is 0.241 e. The lowest BCUT2D eigenvalue weighted by Crippen LogP contribution is -2.29. The van der Waals surface area contributed by atoms with Gasteiger partial charge in [0.05, 0.1) is 4.90 Å². The topological polar surface area (TPSA) is 58.2 Å². The van der Waals surface area contributed by atoms with E-state index in [1.807, 2.05) is 26.3 Å². The average molecular weight is 367 g/mol. The molecule has 0 radical (unpaired) electrons. The quantitative estimate of drug-likeness (QED) is 0.776. The van der Waals surface area contributed by atoms with Crippen LogP contribution in [0, 0.1) is 0 Å². The number of benzene rings is 1. The standard InChI is InChI=1S/C12H19BrN2O2S2/c1-9(18-3)7-15-19(16,17)12-6-10(8-14-2)4-5-11(12)13/h4-6,9,14-15H,7-8H2,1-3H3. The summed E-state index contributed by atoms with van der Waals surface area (Å²) in [6.07, 6.45) is 1.96. The van der Waals surface area contributed by atoms with E-state index in [-0.39, 0.29) is 10.1 Å². The zero-order valence-corrected chi connectivity index (χ0v) is 14.5. The number of rotatable bonds is 7. The van der Waals surface area contributed by atoms with Crippen LogP contribution in [-0.4, -0.2) is 33.5 Å². The van der Waals surface area contributed by atoms with E-state index in [4.69, 9.17) is 0 Å². The molecule has 1 unspecified atom stereocenters. The van der Waals surface area contributed by atoms with Gasteiger partial charge in [-0.2, -0.15) is 11.8 Å². The Kier molecular flexibility index (Phi) is 6.82. The van der Waals surface area contributed by atoms with Crippen LogP contribution < -0.4 is 10.0 Å². The first-order valence-electron chi connectivity index (χ1n) is 5.86. The van der Waals surface area contributed by atoms with Crippen molar-refractivity contribution < 1.29 is 8.42 Å². The fraction of sp³-hybridized carbons (Fsp3) is 0.500. The van der Waals surface area contributed by atoms with E-state index in [0.29, 0.717) is 17.6 Å². The fourth-order valence-electron chi connectivity index (χ4n) is 1.46. The Morgan fingerprint density at radius 1 is 1.42 bits per heavy atom. The van der Waals surface area contributed by atoms with Gasteiger partial charge in [0, 0.05) is 22.8 Å². The molecular formula is C12H19BrN2O2S2. The molecular weight excluding hydrogens is 348 g/mol. The summed E-state index contributed by atoms with van der Waals surface area (Å²) >= 11 is 4.92. The van der Waals surface area contributed by atoms with E-state index in [1.165, 1.54) is 0 Å². The maximum atomic E-state index is 12.3. The third-order valence-electron chi connectivity index (χ3n) is 2.63. The molecule has 0 saturated carbocycles. The number of thioether (sulfide) groups is 1. The predicted octanol–water partition coefficient (Wildman–Crippen LogP) is 2.20. The Morgan fingerprint density at radius 2 is 2.11 bits per heavy atom. The van der Waals surface area contributed by atoms with Gasteiger partial charge in [-0.05, 0) is 46.9 Å². The van der Waals surface area contributed by atoms with E-state index in [9.17, 15) is 8.42 Å². The maximum absolute atomic E-state index is 12.3. The minimum Gasteiger partial charge on any atom is -0.316 e. The molecule has 108 valence electrons. The number of halogens is 1. The first-order chi connectivity index (χ1) is 8.90. The van der Waals surface area contributed by atoms with Crippen LogP contribution in [0.2, 0.25) is 0 Å². The van der Waals surface area contributed by atoms with E-state index in [0.717, 1.165) is 5.56 Å². The van der Waals surface area contributed by atoms with Crippen LogP contribution >= 0.6 is 27.7 Å². The molecule has 1 aromatic rings. The van der Waals surface area contributed by atoms with Gasteiger partial charge in [0.2, 0.25) is 10.0 Å². The monoisotopic (exact) mass is 366 g/mol. The third kappa shape index (κ3) is 5.07.